The van der Waals surface area contributed by atoms with E-state index in [-0.39, 0.29) is 18.1 Å². The average molecular weight is 300 g/mol. The summed E-state index contributed by atoms with van der Waals surface area (Å²) in [6.45, 7) is 3.57. The number of methoxy groups -OCH3 is 1. The lowest BCUT2D eigenvalue weighted by atomic mass is 9.93. The van der Waals surface area contributed by atoms with Crippen molar-refractivity contribution in [3.63, 3.8) is 0 Å². The molecular weight excluding hydrogens is 285 g/mol. The molecule has 0 N–H and O–H groups in total. The summed E-state index contributed by atoms with van der Waals surface area (Å²) in [4.78, 5) is 12.1. The Balaban J connectivity index is 2.31. The van der Waals surface area contributed by atoms with Crippen LogP contribution in [0.25, 0.3) is 0 Å². The highest BCUT2D eigenvalue weighted by Gasteiger charge is 2.64. The lowest BCUT2D eigenvalue weighted by Crippen LogP contribution is -2.51. The van der Waals surface area contributed by atoms with E-state index in [0.717, 1.165) is 12.7 Å². The molecule has 1 aliphatic rings. The number of alkyl halides is 3. The Bertz CT molecular complexity index is 539. The van der Waals surface area contributed by atoms with E-state index in [9.17, 15) is 18.0 Å². The monoisotopic (exact) mass is 300 g/mol. The lowest BCUT2D eigenvalue weighted by Gasteiger charge is -2.32. The van der Waals surface area contributed by atoms with Crippen molar-refractivity contribution in [3.05, 3.63) is 48.0 Å². The van der Waals surface area contributed by atoms with Crippen molar-refractivity contribution in [3.8, 4) is 0 Å². The van der Waals surface area contributed by atoms with Crippen LogP contribution >= 0.6 is 0 Å². The minimum atomic E-state index is -4.93. The molecule has 0 radical (unpaired) electrons. The van der Waals surface area contributed by atoms with Crippen molar-refractivity contribution in [1.29, 1.82) is 0 Å². The van der Waals surface area contributed by atoms with Gasteiger partial charge in [0.2, 0.25) is 0 Å². The van der Waals surface area contributed by atoms with Gasteiger partial charge in [0.15, 0.2) is 0 Å². The molecule has 1 fully saturated rings. The van der Waals surface area contributed by atoms with E-state index >= 15 is 0 Å². The number of hydrogen-bond acceptors (Lipinski definition) is 3. The lowest BCUT2D eigenvalue weighted by molar-refractivity contribution is -0.276. The number of hydrogen-bond donors (Lipinski definition) is 0. The second-order valence-electron chi connectivity index (χ2n) is 4.91. The van der Waals surface area contributed by atoms with Crippen molar-refractivity contribution in [1.82, 2.24) is 0 Å². The molecule has 1 aromatic rings. The molecule has 0 aliphatic heterocycles. The van der Waals surface area contributed by atoms with Crippen molar-refractivity contribution >= 4 is 5.97 Å². The fourth-order valence-electron chi connectivity index (χ4n) is 2.10. The zero-order valence-corrected chi connectivity index (χ0v) is 11.4. The van der Waals surface area contributed by atoms with Gasteiger partial charge in [0.1, 0.15) is 0 Å². The summed E-state index contributed by atoms with van der Waals surface area (Å²) in [6, 6.07) is 6.75. The van der Waals surface area contributed by atoms with Gasteiger partial charge in [-0.3, -0.25) is 0 Å². The summed E-state index contributed by atoms with van der Waals surface area (Å²) >= 11 is 0. The molecule has 1 aromatic carbocycles. The Kier molecular flexibility index (Phi) is 4.09. The average Bonchev–Trinajstić information content (AvgIpc) is 3.13. The van der Waals surface area contributed by atoms with Crippen LogP contribution in [0, 0.1) is 5.92 Å². The molecule has 3 nitrogen and oxygen atoms in total. The maximum atomic E-state index is 13.5. The van der Waals surface area contributed by atoms with Crippen LogP contribution < -0.4 is 0 Å². The Hall–Kier alpha value is -1.82. The van der Waals surface area contributed by atoms with Gasteiger partial charge in [-0.2, -0.15) is 13.2 Å². The molecule has 1 aliphatic carbocycles. The van der Waals surface area contributed by atoms with Crippen LogP contribution in [0.2, 0.25) is 0 Å². The van der Waals surface area contributed by atoms with Gasteiger partial charge in [-0.15, -0.1) is 0 Å². The van der Waals surface area contributed by atoms with Crippen LogP contribution in [0.1, 0.15) is 12.0 Å². The Labute approximate surface area is 120 Å². The third-order valence-electron chi connectivity index (χ3n) is 3.51. The largest absolute Gasteiger partial charge is 0.462 e. The summed E-state index contributed by atoms with van der Waals surface area (Å²) in [7, 11) is 0.845. The standard InChI is InChI=1S/C15H15F3O3/c1-10-8-11(10)9-21-13(19)14(20-2,15(16,17)18)12-6-4-3-5-7-12/h3-7,11H,1,8-9H2,2H3/t11-,14?/m1/s1. The molecular formula is C15H15F3O3. The highest BCUT2D eigenvalue weighted by Crippen LogP contribution is 2.43. The summed E-state index contributed by atoms with van der Waals surface area (Å²) < 4.78 is 49.9. The molecule has 2 rings (SSSR count). The maximum Gasteiger partial charge on any atom is 0.432 e. The van der Waals surface area contributed by atoms with E-state index in [1.807, 2.05) is 0 Å². The zero-order chi connectivity index (χ0) is 15.7. The van der Waals surface area contributed by atoms with Crippen LogP contribution in [-0.2, 0) is 19.9 Å². The summed E-state index contributed by atoms with van der Waals surface area (Å²) in [5.41, 5.74) is -2.54. The van der Waals surface area contributed by atoms with E-state index < -0.39 is 17.7 Å². The van der Waals surface area contributed by atoms with Crippen LogP contribution in [0.15, 0.2) is 42.5 Å². The number of carbonyl (C=O) groups is 1. The third kappa shape index (κ3) is 2.81. The van der Waals surface area contributed by atoms with E-state index in [2.05, 4.69) is 11.3 Å². The van der Waals surface area contributed by atoms with Gasteiger partial charge in [0, 0.05) is 18.6 Å². The van der Waals surface area contributed by atoms with Crippen molar-refractivity contribution in [2.24, 2.45) is 5.92 Å². The first-order valence-electron chi connectivity index (χ1n) is 6.35. The smallest absolute Gasteiger partial charge is 0.432 e. The molecule has 2 atom stereocenters. The molecule has 6 heteroatoms. The third-order valence-corrected chi connectivity index (χ3v) is 3.51. The minimum Gasteiger partial charge on any atom is -0.462 e. The number of halogens is 3. The van der Waals surface area contributed by atoms with Crippen LogP contribution in [-0.4, -0.2) is 25.9 Å². The molecule has 0 spiro atoms. The summed E-state index contributed by atoms with van der Waals surface area (Å²) in [6.07, 6.45) is -4.26. The van der Waals surface area contributed by atoms with E-state index in [1.165, 1.54) is 24.3 Å². The first-order chi connectivity index (χ1) is 9.83. The molecule has 114 valence electrons. The molecule has 0 amide bonds. The first-order valence-corrected chi connectivity index (χ1v) is 6.35. The van der Waals surface area contributed by atoms with Crippen molar-refractivity contribution in [2.45, 2.75) is 18.2 Å². The van der Waals surface area contributed by atoms with Crippen LogP contribution in [0.4, 0.5) is 13.2 Å². The fraction of sp³-hybridized carbons (Fsp3) is 0.400. The van der Waals surface area contributed by atoms with Gasteiger partial charge >= 0.3 is 12.1 Å². The van der Waals surface area contributed by atoms with Crippen molar-refractivity contribution < 1.29 is 27.4 Å². The molecule has 21 heavy (non-hydrogen) atoms. The second-order valence-corrected chi connectivity index (χ2v) is 4.91. The number of rotatable bonds is 5. The van der Waals surface area contributed by atoms with Gasteiger partial charge in [-0.1, -0.05) is 42.5 Å². The number of ether oxygens (including phenoxy) is 2. The predicted octanol–water partition coefficient (Wildman–Crippen LogP) is 3.21. The quantitative estimate of drug-likeness (QED) is 0.619. The van der Waals surface area contributed by atoms with Crippen molar-refractivity contribution in [2.75, 3.05) is 13.7 Å². The molecule has 1 saturated carbocycles. The van der Waals surface area contributed by atoms with E-state index in [1.54, 1.807) is 6.07 Å². The molecule has 0 aromatic heterocycles. The first kappa shape index (κ1) is 15.6. The zero-order valence-electron chi connectivity index (χ0n) is 11.4. The Morgan fingerprint density at radius 3 is 2.33 bits per heavy atom. The SMILES string of the molecule is C=C1C[C@@H]1COC(=O)C(OC)(c1ccccc1)C(F)(F)F. The second kappa shape index (κ2) is 5.52. The predicted molar refractivity (Wildman–Crippen MR) is 69.4 cm³/mol. The van der Waals surface area contributed by atoms with E-state index in [4.69, 9.17) is 4.74 Å². The highest BCUT2D eigenvalue weighted by molar-refractivity contribution is 5.82. The minimum absolute atomic E-state index is 0.0486. The molecule has 1 unspecified atom stereocenters. The van der Waals surface area contributed by atoms with Crippen LogP contribution in [0.5, 0.6) is 0 Å². The maximum absolute atomic E-state index is 13.5. The van der Waals surface area contributed by atoms with E-state index in [0.29, 0.717) is 6.42 Å². The number of benzene rings is 1. The Morgan fingerprint density at radius 1 is 1.33 bits per heavy atom. The summed E-state index contributed by atoms with van der Waals surface area (Å²) in [5, 5.41) is 0. The van der Waals surface area contributed by atoms with Gasteiger partial charge in [0.05, 0.1) is 6.61 Å². The van der Waals surface area contributed by atoms with Gasteiger partial charge in [-0.05, 0) is 6.42 Å². The van der Waals surface area contributed by atoms with Gasteiger partial charge in [0.25, 0.3) is 5.60 Å². The highest BCUT2D eigenvalue weighted by atomic mass is 19.4. The van der Waals surface area contributed by atoms with Gasteiger partial charge < -0.3 is 9.47 Å². The Morgan fingerprint density at radius 2 is 1.90 bits per heavy atom. The molecule has 0 bridgehead atoms. The number of esters is 1. The normalized spacial score (nSPS) is 20.8. The summed E-state index contributed by atoms with van der Waals surface area (Å²) in [5.74, 6) is -1.50. The topological polar surface area (TPSA) is 35.5 Å². The fourth-order valence-corrected chi connectivity index (χ4v) is 2.10. The molecule has 0 heterocycles. The van der Waals surface area contributed by atoms with Gasteiger partial charge in [-0.25, -0.2) is 4.79 Å². The number of carbonyl (C=O) groups excluding carboxylic acids is 1. The molecule has 0 saturated heterocycles. The van der Waals surface area contributed by atoms with Crippen LogP contribution in [0.3, 0.4) is 0 Å².